The van der Waals surface area contributed by atoms with E-state index in [0.717, 1.165) is 15.4 Å². The van der Waals surface area contributed by atoms with Crippen molar-refractivity contribution >= 4 is 33.8 Å². The fraction of sp³-hybridized carbons (Fsp3) is 0.154. The van der Waals surface area contributed by atoms with Crippen LogP contribution in [0.25, 0.3) is 0 Å². The highest BCUT2D eigenvalue weighted by atomic mass is 79.9. The predicted molar refractivity (Wildman–Crippen MR) is 72.2 cm³/mol. The van der Waals surface area contributed by atoms with Crippen LogP contribution >= 0.6 is 15.9 Å². The molecule has 6 heteroatoms. The van der Waals surface area contributed by atoms with Gasteiger partial charge in [0.2, 0.25) is 0 Å². The van der Waals surface area contributed by atoms with Gasteiger partial charge in [-0.25, -0.2) is 4.79 Å². The first-order chi connectivity index (χ1) is 9.00. The topological polar surface area (TPSA) is 57.7 Å². The number of hydrogen-bond donors (Lipinski definition) is 0. The number of carbonyl (C=O) groups excluding carboxylic acids is 3. The third-order valence-electron chi connectivity index (χ3n) is 2.65. The van der Waals surface area contributed by atoms with Gasteiger partial charge >= 0.3 is 17.8 Å². The van der Waals surface area contributed by atoms with Gasteiger partial charge in [0.25, 0.3) is 0 Å². The maximum absolute atomic E-state index is 12.0. The van der Waals surface area contributed by atoms with Crippen LogP contribution < -0.4 is 0 Å². The quantitative estimate of drug-likeness (QED) is 0.628. The van der Waals surface area contributed by atoms with Crippen molar-refractivity contribution in [3.8, 4) is 0 Å². The Morgan fingerprint density at radius 2 is 1.63 bits per heavy atom. The molecule has 1 aromatic carbocycles. The van der Waals surface area contributed by atoms with Gasteiger partial charge in [-0.2, -0.15) is 0 Å². The molecule has 1 aliphatic rings. The number of imide groups is 2. The standard InChI is InChI=1S/C13H11BrN2O3/c1-9(14)7-15-11(17)12(18)16(13(15)19)8-10-5-3-2-4-6-10/h2-6H,1,7-8H2. The first-order valence-corrected chi connectivity index (χ1v) is 6.34. The summed E-state index contributed by atoms with van der Waals surface area (Å²) in [5.41, 5.74) is 0.788. The molecule has 0 N–H and O–H groups in total. The molecule has 0 spiro atoms. The second kappa shape index (κ2) is 5.36. The van der Waals surface area contributed by atoms with Crippen molar-refractivity contribution in [2.24, 2.45) is 0 Å². The normalized spacial score (nSPS) is 15.3. The van der Waals surface area contributed by atoms with Gasteiger partial charge in [-0.1, -0.05) is 52.8 Å². The van der Waals surface area contributed by atoms with Crippen molar-refractivity contribution < 1.29 is 14.4 Å². The molecule has 4 amide bonds. The minimum atomic E-state index is -0.818. The van der Waals surface area contributed by atoms with Crippen LogP contribution in [0.4, 0.5) is 4.79 Å². The van der Waals surface area contributed by atoms with E-state index >= 15 is 0 Å². The summed E-state index contributed by atoms with van der Waals surface area (Å²) in [4.78, 5) is 37.3. The van der Waals surface area contributed by atoms with E-state index in [1.807, 2.05) is 6.07 Å². The second-order valence-corrected chi connectivity index (χ2v) is 5.19. The maximum Gasteiger partial charge on any atom is 0.334 e. The summed E-state index contributed by atoms with van der Waals surface area (Å²) < 4.78 is 0.462. The van der Waals surface area contributed by atoms with E-state index in [9.17, 15) is 14.4 Å². The smallest absolute Gasteiger partial charge is 0.263 e. The van der Waals surface area contributed by atoms with E-state index in [1.54, 1.807) is 24.3 Å². The van der Waals surface area contributed by atoms with Crippen molar-refractivity contribution in [1.82, 2.24) is 9.80 Å². The van der Waals surface area contributed by atoms with Crippen molar-refractivity contribution in [2.75, 3.05) is 6.54 Å². The van der Waals surface area contributed by atoms with Gasteiger partial charge in [0, 0.05) is 4.48 Å². The van der Waals surface area contributed by atoms with Gasteiger partial charge < -0.3 is 0 Å². The molecule has 0 radical (unpaired) electrons. The summed E-state index contributed by atoms with van der Waals surface area (Å²) in [6.07, 6.45) is 0. The lowest BCUT2D eigenvalue weighted by Gasteiger charge is -2.14. The lowest BCUT2D eigenvalue weighted by molar-refractivity contribution is -0.143. The van der Waals surface area contributed by atoms with Gasteiger partial charge in [0.15, 0.2) is 0 Å². The van der Waals surface area contributed by atoms with Crippen LogP contribution in [0.1, 0.15) is 5.56 Å². The van der Waals surface area contributed by atoms with E-state index in [0.29, 0.717) is 4.48 Å². The van der Waals surface area contributed by atoms with Gasteiger partial charge in [0.1, 0.15) is 0 Å². The van der Waals surface area contributed by atoms with Crippen molar-refractivity contribution in [3.05, 3.63) is 47.0 Å². The summed E-state index contributed by atoms with van der Waals surface area (Å²) in [6, 6.07) is 8.41. The average molecular weight is 323 g/mol. The molecule has 0 bridgehead atoms. The highest BCUT2D eigenvalue weighted by molar-refractivity contribution is 9.11. The molecule has 0 unspecified atom stereocenters. The molecule has 2 rings (SSSR count). The fourth-order valence-corrected chi connectivity index (χ4v) is 2.02. The van der Waals surface area contributed by atoms with E-state index in [4.69, 9.17) is 0 Å². The Hall–Kier alpha value is -1.95. The Labute approximate surface area is 118 Å². The summed E-state index contributed by atoms with van der Waals surface area (Å²) in [5, 5.41) is 0. The summed E-state index contributed by atoms with van der Waals surface area (Å²) in [7, 11) is 0. The lowest BCUT2D eigenvalue weighted by atomic mass is 10.2. The summed E-state index contributed by atoms with van der Waals surface area (Å²) in [5.74, 6) is -1.62. The Morgan fingerprint density at radius 1 is 1.05 bits per heavy atom. The highest BCUT2D eigenvalue weighted by Crippen LogP contribution is 2.18. The van der Waals surface area contributed by atoms with Crippen LogP contribution in [0.5, 0.6) is 0 Å². The predicted octanol–water partition coefficient (Wildman–Crippen LogP) is 1.89. The Morgan fingerprint density at radius 3 is 2.21 bits per heavy atom. The van der Waals surface area contributed by atoms with E-state index in [2.05, 4.69) is 22.5 Å². The van der Waals surface area contributed by atoms with Crippen LogP contribution in [-0.2, 0) is 16.1 Å². The monoisotopic (exact) mass is 322 g/mol. The van der Waals surface area contributed by atoms with E-state index < -0.39 is 17.8 Å². The van der Waals surface area contributed by atoms with E-state index in [1.165, 1.54) is 0 Å². The van der Waals surface area contributed by atoms with Gasteiger partial charge in [-0.3, -0.25) is 19.4 Å². The number of rotatable bonds is 4. The third-order valence-corrected chi connectivity index (χ3v) is 2.90. The fourth-order valence-electron chi connectivity index (χ4n) is 1.77. The number of hydrogen-bond acceptors (Lipinski definition) is 3. The Balaban J connectivity index is 2.18. The molecular weight excluding hydrogens is 312 g/mol. The number of carbonyl (C=O) groups is 3. The molecule has 19 heavy (non-hydrogen) atoms. The first-order valence-electron chi connectivity index (χ1n) is 5.55. The zero-order chi connectivity index (χ0) is 14.0. The van der Waals surface area contributed by atoms with Crippen LogP contribution in [0.3, 0.4) is 0 Å². The van der Waals surface area contributed by atoms with Crippen LogP contribution in [0.2, 0.25) is 0 Å². The highest BCUT2D eigenvalue weighted by Gasteiger charge is 2.44. The molecule has 0 saturated carbocycles. The van der Waals surface area contributed by atoms with Gasteiger partial charge in [-0.15, -0.1) is 0 Å². The number of urea groups is 1. The SMILES string of the molecule is C=C(Br)CN1C(=O)C(=O)N(Cc2ccccc2)C1=O. The van der Waals surface area contributed by atoms with Crippen molar-refractivity contribution in [3.63, 3.8) is 0 Å². The average Bonchev–Trinajstić information content (AvgIpc) is 2.57. The first kappa shape index (κ1) is 13.5. The minimum Gasteiger partial charge on any atom is -0.263 e. The molecule has 1 saturated heterocycles. The molecular formula is C13H11BrN2O3. The molecule has 0 aliphatic carbocycles. The number of halogens is 1. The van der Waals surface area contributed by atoms with Crippen molar-refractivity contribution in [1.29, 1.82) is 0 Å². The largest absolute Gasteiger partial charge is 0.334 e. The molecule has 1 fully saturated rings. The Bertz CT molecular complexity index is 556. The molecule has 1 heterocycles. The molecule has 1 aromatic rings. The zero-order valence-corrected chi connectivity index (χ0v) is 11.6. The Kier molecular flexibility index (Phi) is 3.80. The van der Waals surface area contributed by atoms with Crippen molar-refractivity contribution in [2.45, 2.75) is 6.54 Å². The third kappa shape index (κ3) is 2.73. The molecule has 98 valence electrons. The zero-order valence-electron chi connectivity index (χ0n) is 10.0. The number of benzene rings is 1. The molecule has 1 aliphatic heterocycles. The summed E-state index contributed by atoms with van der Waals surface area (Å²) in [6.45, 7) is 3.65. The van der Waals surface area contributed by atoms with Gasteiger partial charge in [-0.05, 0) is 5.56 Å². The lowest BCUT2D eigenvalue weighted by Crippen LogP contribution is -2.33. The van der Waals surface area contributed by atoms with Crippen LogP contribution in [0, 0.1) is 0 Å². The number of amides is 4. The van der Waals surface area contributed by atoms with E-state index in [-0.39, 0.29) is 13.1 Å². The minimum absolute atomic E-state index is 0.00526. The van der Waals surface area contributed by atoms with Crippen LogP contribution in [-0.4, -0.2) is 34.2 Å². The molecule has 0 aromatic heterocycles. The number of nitrogens with zero attached hydrogens (tertiary/aromatic N) is 2. The second-order valence-electron chi connectivity index (χ2n) is 4.07. The van der Waals surface area contributed by atoms with Crippen LogP contribution in [0.15, 0.2) is 41.4 Å². The van der Waals surface area contributed by atoms with Gasteiger partial charge in [0.05, 0.1) is 13.1 Å². The summed E-state index contributed by atoms with van der Waals surface area (Å²) >= 11 is 3.08. The molecule has 5 nitrogen and oxygen atoms in total. The maximum atomic E-state index is 12.0. The molecule has 0 atom stereocenters.